The number of nitrogens with zero attached hydrogens (tertiary/aromatic N) is 2. The Morgan fingerprint density at radius 2 is 2.11 bits per heavy atom. The van der Waals surface area contributed by atoms with Crippen LogP contribution in [-0.2, 0) is 6.54 Å². The number of methoxy groups -OCH3 is 1. The monoisotopic (exact) mass is 259 g/mol. The fraction of sp³-hybridized carbons (Fsp3) is 0.286. The molecule has 0 saturated carbocycles. The van der Waals surface area contributed by atoms with E-state index in [4.69, 9.17) is 10.5 Å². The SMILES string of the molecule is COc1cccc(-n2nc(C)c(CN)c(C)c2=O)c1. The van der Waals surface area contributed by atoms with Gasteiger partial charge in [-0.25, -0.2) is 0 Å². The van der Waals surface area contributed by atoms with Crippen LogP contribution in [0.1, 0.15) is 16.8 Å². The molecular formula is C14H17N3O2. The van der Waals surface area contributed by atoms with Crippen molar-refractivity contribution in [3.05, 3.63) is 51.4 Å². The predicted molar refractivity (Wildman–Crippen MR) is 73.8 cm³/mol. The molecule has 19 heavy (non-hydrogen) atoms. The normalized spacial score (nSPS) is 10.5. The van der Waals surface area contributed by atoms with Gasteiger partial charge in [-0.15, -0.1) is 0 Å². The van der Waals surface area contributed by atoms with E-state index in [0.29, 0.717) is 23.5 Å². The van der Waals surface area contributed by atoms with Crippen LogP contribution in [0.3, 0.4) is 0 Å². The Kier molecular flexibility index (Phi) is 3.66. The fourth-order valence-electron chi connectivity index (χ4n) is 2.03. The maximum atomic E-state index is 12.3. The number of nitrogens with two attached hydrogens (primary N) is 1. The molecule has 2 N–H and O–H groups in total. The Bertz CT molecular complexity index is 662. The second-order valence-electron chi connectivity index (χ2n) is 4.31. The van der Waals surface area contributed by atoms with Gasteiger partial charge in [-0.1, -0.05) is 6.07 Å². The van der Waals surface area contributed by atoms with Crippen LogP contribution in [0.5, 0.6) is 5.75 Å². The highest BCUT2D eigenvalue weighted by Crippen LogP contribution is 2.15. The van der Waals surface area contributed by atoms with Crippen LogP contribution in [0.25, 0.3) is 5.69 Å². The molecule has 0 amide bonds. The van der Waals surface area contributed by atoms with E-state index in [1.165, 1.54) is 4.68 Å². The molecule has 5 nitrogen and oxygen atoms in total. The average molecular weight is 259 g/mol. The molecule has 0 aliphatic rings. The van der Waals surface area contributed by atoms with Crippen molar-refractivity contribution >= 4 is 0 Å². The first-order valence-corrected chi connectivity index (χ1v) is 6.02. The summed E-state index contributed by atoms with van der Waals surface area (Å²) in [4.78, 5) is 12.3. The molecule has 0 radical (unpaired) electrons. The van der Waals surface area contributed by atoms with Crippen LogP contribution in [0.15, 0.2) is 29.1 Å². The summed E-state index contributed by atoms with van der Waals surface area (Å²) < 4.78 is 6.54. The lowest BCUT2D eigenvalue weighted by Gasteiger charge is -2.12. The van der Waals surface area contributed by atoms with E-state index in [2.05, 4.69) is 5.10 Å². The van der Waals surface area contributed by atoms with E-state index in [-0.39, 0.29) is 5.56 Å². The van der Waals surface area contributed by atoms with Crippen LogP contribution in [0.2, 0.25) is 0 Å². The predicted octanol–water partition coefficient (Wildman–Crippen LogP) is 1.32. The number of hydrogen-bond acceptors (Lipinski definition) is 4. The maximum absolute atomic E-state index is 12.3. The second kappa shape index (κ2) is 5.24. The minimum atomic E-state index is -0.153. The van der Waals surface area contributed by atoms with Crippen molar-refractivity contribution in [1.29, 1.82) is 0 Å². The van der Waals surface area contributed by atoms with Gasteiger partial charge in [-0.2, -0.15) is 9.78 Å². The van der Waals surface area contributed by atoms with Gasteiger partial charge in [0.05, 0.1) is 18.5 Å². The largest absolute Gasteiger partial charge is 0.497 e. The van der Waals surface area contributed by atoms with Gasteiger partial charge in [0.25, 0.3) is 5.56 Å². The van der Waals surface area contributed by atoms with Crippen LogP contribution in [0.4, 0.5) is 0 Å². The summed E-state index contributed by atoms with van der Waals surface area (Å²) in [5, 5.41) is 4.32. The molecule has 0 spiro atoms. The Morgan fingerprint density at radius 3 is 2.74 bits per heavy atom. The number of rotatable bonds is 3. The van der Waals surface area contributed by atoms with Crippen molar-refractivity contribution in [1.82, 2.24) is 9.78 Å². The molecule has 0 atom stereocenters. The minimum Gasteiger partial charge on any atom is -0.497 e. The quantitative estimate of drug-likeness (QED) is 0.902. The topological polar surface area (TPSA) is 70.1 Å². The summed E-state index contributed by atoms with van der Waals surface area (Å²) in [5.74, 6) is 0.685. The van der Waals surface area contributed by atoms with E-state index < -0.39 is 0 Å². The molecule has 0 aliphatic heterocycles. The third-order valence-electron chi connectivity index (χ3n) is 3.15. The van der Waals surface area contributed by atoms with Crippen molar-refractivity contribution in [2.24, 2.45) is 5.73 Å². The van der Waals surface area contributed by atoms with Crippen molar-refractivity contribution in [2.75, 3.05) is 7.11 Å². The summed E-state index contributed by atoms with van der Waals surface area (Å²) >= 11 is 0. The maximum Gasteiger partial charge on any atom is 0.274 e. The minimum absolute atomic E-state index is 0.153. The number of aromatic nitrogens is 2. The zero-order chi connectivity index (χ0) is 14.0. The van der Waals surface area contributed by atoms with E-state index >= 15 is 0 Å². The zero-order valence-electron chi connectivity index (χ0n) is 11.3. The average Bonchev–Trinajstić information content (AvgIpc) is 2.43. The van der Waals surface area contributed by atoms with Crippen LogP contribution >= 0.6 is 0 Å². The lowest BCUT2D eigenvalue weighted by atomic mass is 10.1. The highest BCUT2D eigenvalue weighted by Gasteiger charge is 2.11. The number of ether oxygens (including phenoxy) is 1. The van der Waals surface area contributed by atoms with Crippen LogP contribution in [0, 0.1) is 13.8 Å². The molecule has 0 unspecified atom stereocenters. The van der Waals surface area contributed by atoms with Gasteiger partial charge in [0, 0.05) is 18.2 Å². The van der Waals surface area contributed by atoms with Gasteiger partial charge in [-0.3, -0.25) is 4.79 Å². The molecule has 5 heteroatoms. The molecule has 0 aliphatic carbocycles. The van der Waals surface area contributed by atoms with E-state index in [0.717, 1.165) is 11.3 Å². The first-order chi connectivity index (χ1) is 9.08. The van der Waals surface area contributed by atoms with Crippen LogP contribution < -0.4 is 16.0 Å². The first-order valence-electron chi connectivity index (χ1n) is 6.02. The van der Waals surface area contributed by atoms with Crippen molar-refractivity contribution in [3.8, 4) is 11.4 Å². The van der Waals surface area contributed by atoms with Gasteiger partial charge < -0.3 is 10.5 Å². The molecule has 1 heterocycles. The lowest BCUT2D eigenvalue weighted by molar-refractivity contribution is 0.414. The third-order valence-corrected chi connectivity index (χ3v) is 3.15. The highest BCUT2D eigenvalue weighted by atomic mass is 16.5. The summed E-state index contributed by atoms with van der Waals surface area (Å²) in [5.41, 5.74) is 8.39. The second-order valence-corrected chi connectivity index (χ2v) is 4.31. The van der Waals surface area contributed by atoms with Crippen molar-refractivity contribution < 1.29 is 4.74 Å². The number of aryl methyl sites for hydroxylation is 1. The molecule has 0 bridgehead atoms. The zero-order valence-corrected chi connectivity index (χ0v) is 11.3. The summed E-state index contributed by atoms with van der Waals surface area (Å²) in [6, 6.07) is 7.24. The van der Waals surface area contributed by atoms with Gasteiger partial charge in [0.15, 0.2) is 0 Å². The standard InChI is InChI=1S/C14H17N3O2/c1-9-13(8-15)10(2)16-17(14(9)18)11-5-4-6-12(7-11)19-3/h4-7H,8,15H2,1-3H3. The van der Waals surface area contributed by atoms with Gasteiger partial charge >= 0.3 is 0 Å². The smallest absolute Gasteiger partial charge is 0.274 e. The van der Waals surface area contributed by atoms with Crippen molar-refractivity contribution in [3.63, 3.8) is 0 Å². The molecular weight excluding hydrogens is 242 g/mol. The van der Waals surface area contributed by atoms with Crippen LogP contribution in [-0.4, -0.2) is 16.9 Å². The van der Waals surface area contributed by atoms with E-state index in [9.17, 15) is 4.79 Å². The molecule has 0 fully saturated rings. The Labute approximate surface area is 111 Å². The van der Waals surface area contributed by atoms with Gasteiger partial charge in [0.1, 0.15) is 5.75 Å². The van der Waals surface area contributed by atoms with Crippen molar-refractivity contribution in [2.45, 2.75) is 20.4 Å². The van der Waals surface area contributed by atoms with E-state index in [1.807, 2.05) is 25.1 Å². The highest BCUT2D eigenvalue weighted by molar-refractivity contribution is 5.40. The number of hydrogen-bond donors (Lipinski definition) is 1. The Balaban J connectivity index is 2.66. The first kappa shape index (κ1) is 13.3. The van der Waals surface area contributed by atoms with Gasteiger partial charge in [-0.05, 0) is 31.5 Å². The Hall–Kier alpha value is -2.14. The molecule has 2 rings (SSSR count). The van der Waals surface area contributed by atoms with Gasteiger partial charge in [0.2, 0.25) is 0 Å². The summed E-state index contributed by atoms with van der Waals surface area (Å²) in [6.45, 7) is 3.94. The Morgan fingerprint density at radius 1 is 1.37 bits per heavy atom. The fourth-order valence-corrected chi connectivity index (χ4v) is 2.03. The lowest BCUT2D eigenvalue weighted by Crippen LogP contribution is -2.27. The van der Waals surface area contributed by atoms with E-state index in [1.54, 1.807) is 20.1 Å². The molecule has 2 aromatic rings. The molecule has 0 saturated heterocycles. The molecule has 1 aromatic heterocycles. The molecule has 100 valence electrons. The summed E-state index contributed by atoms with van der Waals surface area (Å²) in [6.07, 6.45) is 0. The molecule has 1 aromatic carbocycles. The third kappa shape index (κ3) is 2.37. The summed E-state index contributed by atoms with van der Waals surface area (Å²) in [7, 11) is 1.59. The number of benzene rings is 1.